The van der Waals surface area contributed by atoms with Crippen molar-refractivity contribution < 1.29 is 33.7 Å². The lowest BCUT2D eigenvalue weighted by molar-refractivity contribution is -0.251. The number of hydrogen-bond donors (Lipinski definition) is 1. The van der Waals surface area contributed by atoms with Gasteiger partial charge in [0.1, 0.15) is 12.2 Å². The summed E-state index contributed by atoms with van der Waals surface area (Å²) < 4.78 is 17.5. The minimum atomic E-state index is -1.69. The molecule has 3 aliphatic rings. The normalized spacial score (nSPS) is 32.9. The van der Waals surface area contributed by atoms with Gasteiger partial charge in [-0.2, -0.15) is 0 Å². The van der Waals surface area contributed by atoms with Gasteiger partial charge in [-0.1, -0.05) is 55.8 Å². The SMILES string of the molecule is CC1=CCC[C@H]2[C@@]1(C)[C@@H](OC(=O)c1cccnc1)[C@H](OC(=O)c1ccccc1)[C@](C)(O)[C@]2(C)C=CC1=CC(=O)OC1. The molecule has 2 heterocycles. The summed E-state index contributed by atoms with van der Waals surface area (Å²) in [6.07, 6.45) is 9.42. The van der Waals surface area contributed by atoms with Crippen molar-refractivity contribution in [3.8, 4) is 0 Å². The number of carbonyl (C=O) groups excluding carboxylic acids is 3. The van der Waals surface area contributed by atoms with E-state index in [-0.39, 0.29) is 18.1 Å². The van der Waals surface area contributed by atoms with Crippen LogP contribution < -0.4 is 0 Å². The molecule has 8 nitrogen and oxygen atoms in total. The average molecular weight is 558 g/mol. The molecule has 2 aromatic rings. The van der Waals surface area contributed by atoms with Crippen LogP contribution in [0.4, 0.5) is 0 Å². The van der Waals surface area contributed by atoms with Crippen LogP contribution in [0.25, 0.3) is 0 Å². The molecule has 6 atom stereocenters. The fourth-order valence-electron chi connectivity index (χ4n) is 6.71. The number of esters is 3. The third kappa shape index (κ3) is 4.90. The van der Waals surface area contributed by atoms with Crippen LogP contribution >= 0.6 is 0 Å². The van der Waals surface area contributed by atoms with Gasteiger partial charge in [-0.05, 0) is 62.4 Å². The zero-order valence-corrected chi connectivity index (χ0v) is 23.7. The molecule has 2 aliphatic carbocycles. The van der Waals surface area contributed by atoms with Crippen LogP contribution in [0.1, 0.15) is 61.3 Å². The van der Waals surface area contributed by atoms with E-state index in [1.807, 2.05) is 26.8 Å². The summed E-state index contributed by atoms with van der Waals surface area (Å²) in [5.74, 6) is -1.89. The lowest BCUT2D eigenvalue weighted by atomic mass is 9.44. The molecule has 1 aromatic carbocycles. The van der Waals surface area contributed by atoms with Crippen LogP contribution in [-0.4, -0.2) is 52.4 Å². The molecule has 1 aromatic heterocycles. The second kappa shape index (κ2) is 10.7. The Hall–Kier alpha value is -4.04. The summed E-state index contributed by atoms with van der Waals surface area (Å²) in [6.45, 7) is 7.71. The van der Waals surface area contributed by atoms with E-state index in [1.165, 1.54) is 12.3 Å². The molecule has 0 bridgehead atoms. The van der Waals surface area contributed by atoms with Crippen molar-refractivity contribution in [2.45, 2.75) is 58.3 Å². The van der Waals surface area contributed by atoms with E-state index in [0.717, 1.165) is 12.0 Å². The molecule has 0 amide bonds. The monoisotopic (exact) mass is 557 g/mol. The molecule has 5 rings (SSSR count). The van der Waals surface area contributed by atoms with Crippen LogP contribution in [0.5, 0.6) is 0 Å². The second-order valence-corrected chi connectivity index (χ2v) is 11.6. The summed E-state index contributed by atoms with van der Waals surface area (Å²) in [4.78, 5) is 42.7. The van der Waals surface area contributed by atoms with E-state index in [9.17, 15) is 19.5 Å². The number of ether oxygens (including phenoxy) is 3. The fourth-order valence-corrected chi connectivity index (χ4v) is 6.71. The number of allylic oxidation sites excluding steroid dienone is 1. The molecule has 41 heavy (non-hydrogen) atoms. The van der Waals surface area contributed by atoms with Gasteiger partial charge >= 0.3 is 17.9 Å². The van der Waals surface area contributed by atoms with E-state index < -0.39 is 46.5 Å². The zero-order chi connectivity index (χ0) is 29.4. The summed E-state index contributed by atoms with van der Waals surface area (Å²) in [7, 11) is 0. The standard InChI is InChI=1S/C33H35NO7/c1-21-10-8-14-25-31(2,16-15-22-18-26(35)39-20-22)33(4,38)28(41-29(36)23-11-6-5-7-12-23)27(32(21,25)3)40-30(37)24-13-9-17-34-19-24/h5-7,9-13,15-19,25,27-28,38H,8,14,20H2,1-4H3/t25-,27+,28+,31-,32+,33+/m1/s1. The number of fused-ring (bicyclic) bond motifs is 1. The van der Waals surface area contributed by atoms with Gasteiger partial charge in [0.2, 0.25) is 0 Å². The van der Waals surface area contributed by atoms with Crippen LogP contribution in [0.3, 0.4) is 0 Å². The Morgan fingerprint density at radius 3 is 2.37 bits per heavy atom. The maximum Gasteiger partial charge on any atom is 0.340 e. The van der Waals surface area contributed by atoms with Gasteiger partial charge in [-0.25, -0.2) is 14.4 Å². The van der Waals surface area contributed by atoms with Gasteiger partial charge in [-0.15, -0.1) is 0 Å². The highest BCUT2D eigenvalue weighted by molar-refractivity contribution is 5.90. The molecular formula is C33H35NO7. The van der Waals surface area contributed by atoms with Crippen molar-refractivity contribution in [2.24, 2.45) is 16.7 Å². The van der Waals surface area contributed by atoms with E-state index in [1.54, 1.807) is 61.7 Å². The zero-order valence-electron chi connectivity index (χ0n) is 23.7. The molecule has 0 radical (unpaired) electrons. The Labute approximate surface area is 239 Å². The van der Waals surface area contributed by atoms with E-state index in [0.29, 0.717) is 17.6 Å². The number of aromatic nitrogens is 1. The lowest BCUT2D eigenvalue weighted by Gasteiger charge is -2.64. The van der Waals surface area contributed by atoms with Crippen LogP contribution in [0.2, 0.25) is 0 Å². The highest BCUT2D eigenvalue weighted by atomic mass is 16.6. The molecule has 0 spiro atoms. The van der Waals surface area contributed by atoms with Gasteiger partial charge in [0.15, 0.2) is 12.2 Å². The maximum atomic E-state index is 13.5. The van der Waals surface area contributed by atoms with Crippen molar-refractivity contribution in [1.29, 1.82) is 0 Å². The minimum absolute atomic E-state index is 0.145. The number of pyridine rings is 1. The first-order chi connectivity index (χ1) is 19.5. The lowest BCUT2D eigenvalue weighted by Crippen LogP contribution is -2.72. The fraction of sp³-hybridized carbons (Fsp3) is 0.394. The highest BCUT2D eigenvalue weighted by Gasteiger charge is 2.69. The molecule has 0 saturated heterocycles. The predicted octanol–water partition coefficient (Wildman–Crippen LogP) is 5.01. The summed E-state index contributed by atoms with van der Waals surface area (Å²) in [5.41, 5.74) is -1.25. The minimum Gasteiger partial charge on any atom is -0.458 e. The predicted molar refractivity (Wildman–Crippen MR) is 151 cm³/mol. The number of benzene rings is 1. The second-order valence-electron chi connectivity index (χ2n) is 11.6. The number of hydrogen-bond acceptors (Lipinski definition) is 8. The maximum absolute atomic E-state index is 13.5. The Balaban J connectivity index is 1.64. The number of rotatable bonds is 6. The quantitative estimate of drug-likeness (QED) is 0.300. The Morgan fingerprint density at radius 2 is 1.71 bits per heavy atom. The molecule has 0 unspecified atom stereocenters. The van der Waals surface area contributed by atoms with Crippen molar-refractivity contribution in [1.82, 2.24) is 4.98 Å². The first-order valence-electron chi connectivity index (χ1n) is 13.8. The Kier molecular flexibility index (Phi) is 7.46. The van der Waals surface area contributed by atoms with Crippen LogP contribution in [0, 0.1) is 16.7 Å². The van der Waals surface area contributed by atoms with Gasteiger partial charge < -0.3 is 19.3 Å². The number of aliphatic hydroxyl groups is 1. The third-order valence-electron chi connectivity index (χ3n) is 9.42. The Morgan fingerprint density at radius 1 is 1.02 bits per heavy atom. The number of nitrogens with zero attached hydrogens (tertiary/aromatic N) is 1. The van der Waals surface area contributed by atoms with E-state index in [2.05, 4.69) is 11.1 Å². The van der Waals surface area contributed by atoms with Gasteiger partial charge in [0.05, 0.1) is 11.1 Å². The topological polar surface area (TPSA) is 112 Å². The third-order valence-corrected chi connectivity index (χ3v) is 9.42. The van der Waals surface area contributed by atoms with Crippen LogP contribution in [-0.2, 0) is 19.0 Å². The molecule has 1 saturated carbocycles. The van der Waals surface area contributed by atoms with Crippen molar-refractivity contribution in [2.75, 3.05) is 6.61 Å². The molecular weight excluding hydrogens is 522 g/mol. The van der Waals surface area contributed by atoms with Gasteiger partial charge in [0, 0.05) is 29.3 Å². The molecule has 1 N–H and O–H groups in total. The Bertz CT molecular complexity index is 1430. The van der Waals surface area contributed by atoms with Crippen molar-refractivity contribution in [3.63, 3.8) is 0 Å². The van der Waals surface area contributed by atoms with E-state index in [4.69, 9.17) is 14.2 Å². The summed E-state index contributed by atoms with van der Waals surface area (Å²) in [6, 6.07) is 11.8. The van der Waals surface area contributed by atoms with Crippen molar-refractivity contribution >= 4 is 17.9 Å². The molecule has 1 aliphatic heterocycles. The summed E-state index contributed by atoms with van der Waals surface area (Å²) >= 11 is 0. The van der Waals surface area contributed by atoms with Crippen molar-refractivity contribution in [3.05, 3.63) is 101 Å². The first-order valence-corrected chi connectivity index (χ1v) is 13.8. The number of carbonyl (C=O) groups is 3. The number of cyclic esters (lactones) is 1. The average Bonchev–Trinajstić information content (AvgIpc) is 3.39. The molecule has 8 heteroatoms. The van der Waals surface area contributed by atoms with Gasteiger partial charge in [-0.3, -0.25) is 4.98 Å². The van der Waals surface area contributed by atoms with E-state index >= 15 is 0 Å². The molecule has 1 fully saturated rings. The molecule has 214 valence electrons. The summed E-state index contributed by atoms with van der Waals surface area (Å²) in [5, 5.41) is 12.5. The van der Waals surface area contributed by atoms with Crippen LogP contribution in [0.15, 0.2) is 90.3 Å². The largest absolute Gasteiger partial charge is 0.458 e. The smallest absolute Gasteiger partial charge is 0.340 e. The first kappa shape index (κ1) is 28.5. The van der Waals surface area contributed by atoms with Gasteiger partial charge in [0.25, 0.3) is 0 Å². The highest BCUT2D eigenvalue weighted by Crippen LogP contribution is 2.63.